The summed E-state index contributed by atoms with van der Waals surface area (Å²) in [6, 6.07) is 2.86. The molecule has 100 valence electrons. The van der Waals surface area contributed by atoms with Gasteiger partial charge in [-0.1, -0.05) is 11.6 Å². The Morgan fingerprint density at radius 1 is 1.50 bits per heavy atom. The van der Waals surface area contributed by atoms with Crippen LogP contribution < -0.4 is 10.5 Å². The van der Waals surface area contributed by atoms with E-state index in [2.05, 4.69) is 4.72 Å². The number of aryl methyl sites for hydroxylation is 1. The highest BCUT2D eigenvalue weighted by atomic mass is 35.5. The number of nitrogen functional groups attached to an aromatic ring is 1. The smallest absolute Gasteiger partial charge is 0.241 e. The maximum atomic E-state index is 12.2. The Balaban J connectivity index is 2.39. The molecule has 1 aliphatic rings. The van der Waals surface area contributed by atoms with Crippen molar-refractivity contribution >= 4 is 27.3 Å². The fourth-order valence-corrected chi connectivity index (χ4v) is 3.67. The summed E-state index contributed by atoms with van der Waals surface area (Å²) in [7, 11) is -3.69. The van der Waals surface area contributed by atoms with E-state index in [0.717, 1.165) is 0 Å². The van der Waals surface area contributed by atoms with Gasteiger partial charge in [0.25, 0.3) is 0 Å². The van der Waals surface area contributed by atoms with Gasteiger partial charge in [0, 0.05) is 0 Å². The molecule has 1 aromatic rings. The zero-order valence-corrected chi connectivity index (χ0v) is 11.5. The van der Waals surface area contributed by atoms with E-state index in [1.54, 1.807) is 6.92 Å². The Morgan fingerprint density at radius 3 is 2.61 bits per heavy atom. The molecule has 0 heterocycles. The van der Waals surface area contributed by atoms with Gasteiger partial charge in [0.1, 0.15) is 0 Å². The van der Waals surface area contributed by atoms with Crippen molar-refractivity contribution in [2.45, 2.75) is 30.2 Å². The molecule has 1 fully saturated rings. The van der Waals surface area contributed by atoms with Crippen LogP contribution >= 0.6 is 11.6 Å². The fourth-order valence-electron chi connectivity index (χ4n) is 1.74. The molecule has 0 spiro atoms. The average Bonchev–Trinajstić information content (AvgIpc) is 3.03. The van der Waals surface area contributed by atoms with Crippen LogP contribution in [0.4, 0.5) is 5.69 Å². The highest BCUT2D eigenvalue weighted by molar-refractivity contribution is 7.89. The predicted octanol–water partition coefficient (Wildman–Crippen LogP) is 1.03. The van der Waals surface area contributed by atoms with Crippen LogP contribution in [0.15, 0.2) is 17.0 Å². The van der Waals surface area contributed by atoms with Crippen molar-refractivity contribution in [2.75, 3.05) is 12.3 Å². The van der Waals surface area contributed by atoms with Gasteiger partial charge < -0.3 is 10.8 Å². The van der Waals surface area contributed by atoms with Gasteiger partial charge in [-0.3, -0.25) is 0 Å². The summed E-state index contributed by atoms with van der Waals surface area (Å²) in [5.41, 5.74) is 5.67. The summed E-state index contributed by atoms with van der Waals surface area (Å²) >= 11 is 5.83. The van der Waals surface area contributed by atoms with E-state index in [9.17, 15) is 8.42 Å². The normalized spacial score (nSPS) is 17.7. The lowest BCUT2D eigenvalue weighted by Crippen LogP contribution is -2.39. The van der Waals surface area contributed by atoms with E-state index < -0.39 is 15.6 Å². The van der Waals surface area contributed by atoms with Crippen LogP contribution in [0, 0.1) is 6.92 Å². The van der Waals surface area contributed by atoms with E-state index >= 15 is 0 Å². The van der Waals surface area contributed by atoms with Crippen molar-refractivity contribution in [3.63, 3.8) is 0 Å². The van der Waals surface area contributed by atoms with Crippen LogP contribution in [0.5, 0.6) is 0 Å². The molecular weight excluding hydrogens is 276 g/mol. The lowest BCUT2D eigenvalue weighted by Gasteiger charge is -2.16. The number of sulfonamides is 1. The Hall–Kier alpha value is -0.820. The largest absolute Gasteiger partial charge is 0.397 e. The molecule has 1 saturated carbocycles. The first kappa shape index (κ1) is 13.6. The number of hydrogen-bond acceptors (Lipinski definition) is 4. The molecule has 0 aromatic heterocycles. The molecule has 0 radical (unpaired) electrons. The topological polar surface area (TPSA) is 92.4 Å². The molecule has 0 atom stereocenters. The second-order valence-electron chi connectivity index (χ2n) is 4.68. The van der Waals surface area contributed by atoms with Crippen molar-refractivity contribution in [3.05, 3.63) is 22.7 Å². The van der Waals surface area contributed by atoms with Crippen LogP contribution in [0.2, 0.25) is 5.02 Å². The molecule has 0 bridgehead atoms. The SMILES string of the molecule is Cc1cc(Cl)c(N)cc1S(=O)(=O)NC1(CO)CC1. The molecule has 0 aliphatic heterocycles. The van der Waals surface area contributed by atoms with Gasteiger partial charge in [0.15, 0.2) is 0 Å². The molecule has 4 N–H and O–H groups in total. The first-order valence-electron chi connectivity index (χ1n) is 5.50. The number of hydrogen-bond donors (Lipinski definition) is 3. The quantitative estimate of drug-likeness (QED) is 0.722. The van der Waals surface area contributed by atoms with E-state index in [-0.39, 0.29) is 17.2 Å². The Bertz CT molecular complexity index is 582. The molecule has 2 rings (SSSR count). The number of rotatable bonds is 4. The molecular formula is C11H15ClN2O3S. The maximum Gasteiger partial charge on any atom is 0.241 e. The molecule has 1 aliphatic carbocycles. The van der Waals surface area contributed by atoms with Crippen molar-refractivity contribution in [2.24, 2.45) is 0 Å². The molecule has 5 nitrogen and oxygen atoms in total. The predicted molar refractivity (Wildman–Crippen MR) is 70.0 cm³/mol. The van der Waals surface area contributed by atoms with Gasteiger partial charge in [-0.15, -0.1) is 0 Å². The first-order valence-corrected chi connectivity index (χ1v) is 7.36. The van der Waals surface area contributed by atoms with E-state index in [0.29, 0.717) is 23.4 Å². The standard InChI is InChI=1S/C11H15ClN2O3S/c1-7-4-8(12)9(13)5-10(7)18(16,17)14-11(6-15)2-3-11/h4-5,14-15H,2-3,6,13H2,1H3. The fraction of sp³-hybridized carbons (Fsp3) is 0.455. The van der Waals surface area contributed by atoms with Crippen LogP contribution in [0.25, 0.3) is 0 Å². The summed E-state index contributed by atoms with van der Waals surface area (Å²) in [4.78, 5) is 0.101. The number of aliphatic hydroxyl groups is 1. The third-order valence-corrected chi connectivity index (χ3v) is 5.14. The number of halogens is 1. The van der Waals surface area contributed by atoms with Gasteiger partial charge in [0.05, 0.1) is 27.8 Å². The lowest BCUT2D eigenvalue weighted by atomic mass is 10.2. The van der Waals surface area contributed by atoms with Gasteiger partial charge >= 0.3 is 0 Å². The zero-order valence-electron chi connectivity index (χ0n) is 9.90. The second-order valence-corrected chi connectivity index (χ2v) is 6.74. The van der Waals surface area contributed by atoms with Crippen LogP contribution in [0.3, 0.4) is 0 Å². The number of nitrogens with one attached hydrogen (secondary N) is 1. The number of benzene rings is 1. The first-order chi connectivity index (χ1) is 8.30. The van der Waals surface area contributed by atoms with E-state index in [1.165, 1.54) is 12.1 Å². The van der Waals surface area contributed by atoms with Crippen LogP contribution in [-0.4, -0.2) is 25.7 Å². The van der Waals surface area contributed by atoms with Gasteiger partial charge in [0.2, 0.25) is 10.0 Å². The summed E-state index contributed by atoms with van der Waals surface area (Å²) in [6.07, 6.45) is 1.29. The number of anilines is 1. The summed E-state index contributed by atoms with van der Waals surface area (Å²) in [6.45, 7) is 1.45. The Morgan fingerprint density at radius 2 is 2.11 bits per heavy atom. The summed E-state index contributed by atoms with van der Waals surface area (Å²) in [5, 5.41) is 9.49. The maximum absolute atomic E-state index is 12.2. The van der Waals surface area contributed by atoms with Gasteiger partial charge in [-0.05, 0) is 37.5 Å². The van der Waals surface area contributed by atoms with Crippen molar-refractivity contribution in [3.8, 4) is 0 Å². The minimum atomic E-state index is -3.69. The van der Waals surface area contributed by atoms with Crippen molar-refractivity contribution in [1.82, 2.24) is 4.72 Å². The van der Waals surface area contributed by atoms with E-state index in [1.807, 2.05) is 0 Å². The molecule has 18 heavy (non-hydrogen) atoms. The second kappa shape index (κ2) is 4.38. The monoisotopic (exact) mass is 290 g/mol. The van der Waals surface area contributed by atoms with E-state index in [4.69, 9.17) is 22.4 Å². The third kappa shape index (κ3) is 2.47. The summed E-state index contributed by atoms with van der Waals surface area (Å²) in [5.74, 6) is 0. The van der Waals surface area contributed by atoms with Gasteiger partial charge in [-0.2, -0.15) is 0 Å². The molecule has 0 saturated heterocycles. The summed E-state index contributed by atoms with van der Waals surface area (Å²) < 4.78 is 26.9. The average molecular weight is 291 g/mol. The van der Waals surface area contributed by atoms with Crippen LogP contribution in [0.1, 0.15) is 18.4 Å². The lowest BCUT2D eigenvalue weighted by molar-refractivity contribution is 0.246. The van der Waals surface area contributed by atoms with Crippen molar-refractivity contribution < 1.29 is 13.5 Å². The molecule has 7 heteroatoms. The Kier molecular flexibility index (Phi) is 3.31. The number of aliphatic hydroxyl groups excluding tert-OH is 1. The zero-order chi connectivity index (χ0) is 13.6. The minimum Gasteiger partial charge on any atom is -0.397 e. The molecule has 0 unspecified atom stereocenters. The third-order valence-electron chi connectivity index (χ3n) is 3.09. The highest BCUT2D eigenvalue weighted by Gasteiger charge is 2.45. The van der Waals surface area contributed by atoms with Crippen LogP contribution in [-0.2, 0) is 10.0 Å². The Labute approximate surface area is 111 Å². The molecule has 1 aromatic carbocycles. The molecule has 0 amide bonds. The number of nitrogens with two attached hydrogens (primary N) is 1. The minimum absolute atomic E-state index is 0.101. The van der Waals surface area contributed by atoms with Crippen molar-refractivity contribution in [1.29, 1.82) is 0 Å². The van der Waals surface area contributed by atoms with Gasteiger partial charge in [-0.25, -0.2) is 13.1 Å². The highest BCUT2D eigenvalue weighted by Crippen LogP contribution is 2.37.